The van der Waals surface area contributed by atoms with E-state index < -0.39 is 0 Å². The Balaban J connectivity index is 2.11. The Morgan fingerprint density at radius 2 is 2.45 bits per heavy atom. The number of esters is 1. The molecule has 3 atom stereocenters. The van der Waals surface area contributed by atoms with Gasteiger partial charge in [-0.1, -0.05) is 0 Å². The highest BCUT2D eigenvalue weighted by Crippen LogP contribution is 2.63. The fourth-order valence-electron chi connectivity index (χ4n) is 2.35. The second-order valence-corrected chi connectivity index (χ2v) is 3.66. The van der Waals surface area contributed by atoms with Crippen LogP contribution in [0.15, 0.2) is 0 Å². The average molecular weight is 155 g/mol. The van der Waals surface area contributed by atoms with Gasteiger partial charge in [0.1, 0.15) is 0 Å². The maximum atomic E-state index is 11.2. The average Bonchev–Trinajstić information content (AvgIpc) is 2.68. The van der Waals surface area contributed by atoms with Crippen molar-refractivity contribution in [3.63, 3.8) is 0 Å². The standard InChI is InChI=1S/C8H13NO2/c1-11-7(10)8-3-2-6(9)5(8)4-8/h5-6H,2-4,9H2,1H3. The topological polar surface area (TPSA) is 52.3 Å². The van der Waals surface area contributed by atoms with Crippen LogP contribution in [-0.2, 0) is 9.53 Å². The van der Waals surface area contributed by atoms with Crippen LogP contribution in [0.1, 0.15) is 19.3 Å². The molecule has 62 valence electrons. The molecule has 3 nitrogen and oxygen atoms in total. The summed E-state index contributed by atoms with van der Waals surface area (Å²) in [7, 11) is 1.45. The van der Waals surface area contributed by atoms with Crippen molar-refractivity contribution in [1.29, 1.82) is 0 Å². The van der Waals surface area contributed by atoms with Gasteiger partial charge in [0.05, 0.1) is 12.5 Å². The van der Waals surface area contributed by atoms with Gasteiger partial charge in [-0.3, -0.25) is 4.79 Å². The molecule has 11 heavy (non-hydrogen) atoms. The maximum absolute atomic E-state index is 11.2. The number of fused-ring (bicyclic) bond motifs is 1. The van der Waals surface area contributed by atoms with E-state index in [0.717, 1.165) is 19.3 Å². The lowest BCUT2D eigenvalue weighted by Crippen LogP contribution is -2.20. The molecule has 0 aliphatic heterocycles. The van der Waals surface area contributed by atoms with Gasteiger partial charge in [-0.2, -0.15) is 0 Å². The Bertz CT molecular complexity index is 204. The van der Waals surface area contributed by atoms with Crippen LogP contribution >= 0.6 is 0 Å². The summed E-state index contributed by atoms with van der Waals surface area (Å²) < 4.78 is 4.73. The first-order valence-corrected chi connectivity index (χ1v) is 4.05. The van der Waals surface area contributed by atoms with Crippen LogP contribution in [0.25, 0.3) is 0 Å². The van der Waals surface area contributed by atoms with Crippen molar-refractivity contribution in [2.75, 3.05) is 7.11 Å². The number of methoxy groups -OCH3 is 1. The van der Waals surface area contributed by atoms with Crippen LogP contribution in [0.3, 0.4) is 0 Å². The van der Waals surface area contributed by atoms with E-state index >= 15 is 0 Å². The third kappa shape index (κ3) is 0.745. The number of carbonyl (C=O) groups excluding carboxylic acids is 1. The second kappa shape index (κ2) is 1.97. The lowest BCUT2D eigenvalue weighted by Gasteiger charge is -2.06. The molecular weight excluding hydrogens is 142 g/mol. The molecule has 2 rings (SSSR count). The monoisotopic (exact) mass is 155 g/mol. The zero-order valence-corrected chi connectivity index (χ0v) is 6.67. The molecule has 0 bridgehead atoms. The Labute approximate surface area is 65.9 Å². The molecule has 0 aromatic carbocycles. The molecule has 0 saturated heterocycles. The predicted molar refractivity (Wildman–Crippen MR) is 39.8 cm³/mol. The number of carbonyl (C=O) groups is 1. The highest BCUT2D eigenvalue weighted by molar-refractivity contribution is 5.81. The molecule has 0 amide bonds. The largest absolute Gasteiger partial charge is 0.469 e. The predicted octanol–water partition coefficient (Wildman–Crippen LogP) is 0.287. The Kier molecular flexibility index (Phi) is 1.27. The van der Waals surface area contributed by atoms with E-state index in [2.05, 4.69) is 0 Å². The van der Waals surface area contributed by atoms with Crippen LogP contribution in [0, 0.1) is 11.3 Å². The van der Waals surface area contributed by atoms with Gasteiger partial charge < -0.3 is 10.5 Å². The zero-order valence-electron chi connectivity index (χ0n) is 6.67. The third-order valence-corrected chi connectivity index (χ3v) is 3.17. The van der Waals surface area contributed by atoms with Crippen molar-refractivity contribution in [3.8, 4) is 0 Å². The molecule has 0 aromatic rings. The van der Waals surface area contributed by atoms with Gasteiger partial charge in [0.15, 0.2) is 0 Å². The summed E-state index contributed by atoms with van der Waals surface area (Å²) >= 11 is 0. The van der Waals surface area contributed by atoms with Crippen LogP contribution in [-0.4, -0.2) is 19.1 Å². The van der Waals surface area contributed by atoms with Crippen molar-refractivity contribution in [2.45, 2.75) is 25.3 Å². The molecule has 2 fully saturated rings. The maximum Gasteiger partial charge on any atom is 0.312 e. The SMILES string of the molecule is COC(=O)C12CCC(N)C1C2. The normalized spacial score (nSPS) is 46.7. The van der Waals surface area contributed by atoms with E-state index in [1.807, 2.05) is 0 Å². The summed E-state index contributed by atoms with van der Waals surface area (Å²) in [6, 6.07) is 0.245. The fourth-order valence-corrected chi connectivity index (χ4v) is 2.35. The minimum absolute atomic E-state index is 0.0459. The molecular formula is C8H13NO2. The summed E-state index contributed by atoms with van der Waals surface area (Å²) in [5.41, 5.74) is 5.65. The second-order valence-electron chi connectivity index (χ2n) is 3.66. The number of hydrogen-bond donors (Lipinski definition) is 1. The number of nitrogens with two attached hydrogens (primary N) is 1. The molecule has 2 aliphatic rings. The number of ether oxygens (including phenoxy) is 1. The van der Waals surface area contributed by atoms with Crippen LogP contribution < -0.4 is 5.73 Å². The van der Waals surface area contributed by atoms with Crippen molar-refractivity contribution in [2.24, 2.45) is 17.1 Å². The molecule has 0 spiro atoms. The summed E-state index contributed by atoms with van der Waals surface area (Å²) in [5.74, 6) is 0.380. The van der Waals surface area contributed by atoms with Gasteiger partial charge in [0.2, 0.25) is 0 Å². The van der Waals surface area contributed by atoms with Crippen LogP contribution in [0.4, 0.5) is 0 Å². The van der Waals surface area contributed by atoms with Crippen molar-refractivity contribution < 1.29 is 9.53 Å². The first kappa shape index (κ1) is 7.10. The van der Waals surface area contributed by atoms with Crippen molar-refractivity contribution in [1.82, 2.24) is 0 Å². The molecule has 3 unspecified atom stereocenters. The van der Waals surface area contributed by atoms with Gasteiger partial charge in [-0.05, 0) is 25.2 Å². The minimum atomic E-state index is -0.145. The van der Waals surface area contributed by atoms with Crippen molar-refractivity contribution >= 4 is 5.97 Å². The first-order valence-electron chi connectivity index (χ1n) is 4.05. The van der Waals surface area contributed by atoms with Gasteiger partial charge in [-0.25, -0.2) is 0 Å². The number of rotatable bonds is 1. The van der Waals surface area contributed by atoms with E-state index in [0.29, 0.717) is 5.92 Å². The van der Waals surface area contributed by atoms with E-state index in [1.54, 1.807) is 0 Å². The van der Waals surface area contributed by atoms with Gasteiger partial charge in [0, 0.05) is 6.04 Å². The lowest BCUT2D eigenvalue weighted by atomic mass is 10.1. The van der Waals surface area contributed by atoms with E-state index in [-0.39, 0.29) is 17.4 Å². The van der Waals surface area contributed by atoms with E-state index in [1.165, 1.54) is 7.11 Å². The molecule has 0 radical (unpaired) electrons. The molecule has 3 heteroatoms. The summed E-state index contributed by atoms with van der Waals surface area (Å²) in [6.07, 6.45) is 2.88. The summed E-state index contributed by atoms with van der Waals surface area (Å²) in [5, 5.41) is 0. The highest BCUT2D eigenvalue weighted by atomic mass is 16.5. The first-order chi connectivity index (χ1) is 5.20. The molecule has 2 N–H and O–H groups in total. The Morgan fingerprint density at radius 3 is 2.82 bits per heavy atom. The summed E-state index contributed by atoms with van der Waals surface area (Å²) in [6.45, 7) is 0. The number of hydrogen-bond acceptors (Lipinski definition) is 3. The van der Waals surface area contributed by atoms with Crippen LogP contribution in [0.2, 0.25) is 0 Å². The zero-order chi connectivity index (χ0) is 8.06. The smallest absolute Gasteiger partial charge is 0.312 e. The highest BCUT2D eigenvalue weighted by Gasteiger charge is 2.66. The Morgan fingerprint density at radius 1 is 1.73 bits per heavy atom. The van der Waals surface area contributed by atoms with Gasteiger partial charge >= 0.3 is 5.97 Å². The Hall–Kier alpha value is -0.570. The third-order valence-electron chi connectivity index (χ3n) is 3.17. The van der Waals surface area contributed by atoms with E-state index in [9.17, 15) is 4.79 Å². The van der Waals surface area contributed by atoms with Gasteiger partial charge in [0.25, 0.3) is 0 Å². The minimum Gasteiger partial charge on any atom is -0.469 e. The van der Waals surface area contributed by atoms with E-state index in [4.69, 9.17) is 10.5 Å². The molecule has 0 aromatic heterocycles. The van der Waals surface area contributed by atoms with Crippen molar-refractivity contribution in [3.05, 3.63) is 0 Å². The quantitative estimate of drug-likeness (QED) is 0.553. The fraction of sp³-hybridized carbons (Fsp3) is 0.875. The molecule has 2 aliphatic carbocycles. The van der Waals surface area contributed by atoms with Crippen LogP contribution in [0.5, 0.6) is 0 Å². The van der Waals surface area contributed by atoms with Gasteiger partial charge in [-0.15, -0.1) is 0 Å². The summed E-state index contributed by atoms with van der Waals surface area (Å²) in [4.78, 5) is 11.2. The molecule has 0 heterocycles. The lowest BCUT2D eigenvalue weighted by molar-refractivity contribution is -0.147. The molecule has 2 saturated carbocycles.